The van der Waals surface area contributed by atoms with Gasteiger partial charge in [-0.25, -0.2) is 4.39 Å². The minimum atomic E-state index is -0.398. The number of rotatable bonds is 0. The zero-order valence-corrected chi connectivity index (χ0v) is 6.45. The van der Waals surface area contributed by atoms with Crippen LogP contribution in [-0.2, 0) is 0 Å². The Balaban J connectivity index is 3.31. The summed E-state index contributed by atoms with van der Waals surface area (Å²) in [6.07, 6.45) is 0. The van der Waals surface area contributed by atoms with E-state index >= 15 is 0 Å². The second kappa shape index (κ2) is 2.50. The third kappa shape index (κ3) is 1.24. The second-order valence-electron chi connectivity index (χ2n) is 2.18. The first-order valence-corrected chi connectivity index (χ1v) is 3.30. The van der Waals surface area contributed by atoms with Crippen LogP contribution in [0.3, 0.4) is 0 Å². The van der Waals surface area contributed by atoms with Gasteiger partial charge in [0.25, 0.3) is 0 Å². The molecule has 0 fully saturated rings. The van der Waals surface area contributed by atoms with Crippen molar-refractivity contribution in [2.24, 2.45) is 0 Å². The fourth-order valence-electron chi connectivity index (χ4n) is 0.735. The second-order valence-corrected chi connectivity index (χ2v) is 2.66. The first kappa shape index (κ1) is 7.41. The topological polar surface area (TPSA) is 26.0 Å². The van der Waals surface area contributed by atoms with Gasteiger partial charge in [-0.2, -0.15) is 0 Å². The van der Waals surface area contributed by atoms with E-state index in [1.165, 1.54) is 6.07 Å². The number of nitrogen functional groups attached to an aromatic ring is 1. The van der Waals surface area contributed by atoms with Crippen LogP contribution in [0.15, 0.2) is 17.0 Å². The van der Waals surface area contributed by atoms with Crippen molar-refractivity contribution < 1.29 is 4.39 Å². The predicted octanol–water partition coefficient (Wildman–Crippen LogP) is 2.01. The fourth-order valence-corrected chi connectivity index (χ4v) is 1.05. The maximum atomic E-state index is 12.7. The zero-order chi connectivity index (χ0) is 7.72. The maximum absolute atomic E-state index is 12.7. The minimum Gasteiger partial charge on any atom is -0.395 e. The smallest absolute Gasteiger partial charge is 0.147 e. The summed E-state index contributed by atoms with van der Waals surface area (Å²) in [5.41, 5.74) is 6.25. The summed E-state index contributed by atoms with van der Waals surface area (Å²) >= 11 is 3.97. The zero-order valence-electron chi connectivity index (χ0n) is 5.56. The molecule has 0 bridgehead atoms. The molecular weight excluding hydrogens is 149 g/mol. The van der Waals surface area contributed by atoms with Gasteiger partial charge in [-0.1, -0.05) is 0 Å². The van der Waals surface area contributed by atoms with Gasteiger partial charge in [-0.3, -0.25) is 0 Å². The molecule has 10 heavy (non-hydrogen) atoms. The van der Waals surface area contributed by atoms with E-state index < -0.39 is 5.82 Å². The van der Waals surface area contributed by atoms with Crippen molar-refractivity contribution >= 4 is 18.3 Å². The molecule has 0 saturated heterocycles. The highest BCUT2D eigenvalue weighted by atomic mass is 32.1. The molecule has 0 aliphatic carbocycles. The Labute approximate surface area is 64.5 Å². The Morgan fingerprint density at radius 1 is 1.50 bits per heavy atom. The minimum absolute atomic E-state index is 0.119. The van der Waals surface area contributed by atoms with E-state index in [4.69, 9.17) is 5.73 Å². The predicted molar refractivity (Wildman–Crippen MR) is 42.8 cm³/mol. The van der Waals surface area contributed by atoms with Crippen molar-refractivity contribution in [2.75, 3.05) is 5.73 Å². The van der Waals surface area contributed by atoms with Crippen molar-refractivity contribution in [3.63, 3.8) is 0 Å². The molecule has 1 aromatic rings. The lowest BCUT2D eigenvalue weighted by Gasteiger charge is -2.00. The van der Waals surface area contributed by atoms with Crippen LogP contribution in [0.5, 0.6) is 0 Å². The molecule has 2 N–H and O–H groups in total. The maximum Gasteiger partial charge on any atom is 0.147 e. The summed E-state index contributed by atoms with van der Waals surface area (Å²) in [7, 11) is 0. The van der Waals surface area contributed by atoms with Gasteiger partial charge in [-0.15, -0.1) is 12.6 Å². The van der Waals surface area contributed by atoms with Crippen molar-refractivity contribution in [1.29, 1.82) is 0 Å². The first-order valence-electron chi connectivity index (χ1n) is 2.86. The Kier molecular flexibility index (Phi) is 1.85. The Morgan fingerprint density at radius 3 is 2.60 bits per heavy atom. The van der Waals surface area contributed by atoms with Crippen LogP contribution < -0.4 is 5.73 Å². The van der Waals surface area contributed by atoms with E-state index in [-0.39, 0.29) is 5.69 Å². The quantitative estimate of drug-likeness (QED) is 0.437. The summed E-state index contributed by atoms with van der Waals surface area (Å²) in [5.74, 6) is -0.398. The van der Waals surface area contributed by atoms with Gasteiger partial charge in [0.2, 0.25) is 0 Å². The van der Waals surface area contributed by atoms with Crippen molar-refractivity contribution in [2.45, 2.75) is 11.8 Å². The van der Waals surface area contributed by atoms with Crippen LogP contribution in [0.1, 0.15) is 5.56 Å². The monoisotopic (exact) mass is 157 g/mol. The molecule has 0 aromatic heterocycles. The van der Waals surface area contributed by atoms with Crippen molar-refractivity contribution in [1.82, 2.24) is 0 Å². The van der Waals surface area contributed by atoms with Crippen LogP contribution in [0.25, 0.3) is 0 Å². The highest BCUT2D eigenvalue weighted by Gasteiger charge is 2.01. The lowest BCUT2D eigenvalue weighted by atomic mass is 10.2. The lowest BCUT2D eigenvalue weighted by molar-refractivity contribution is 0.628. The molecule has 0 aliphatic rings. The first-order chi connectivity index (χ1) is 4.61. The number of hydrogen-bond acceptors (Lipinski definition) is 2. The van der Waals surface area contributed by atoms with E-state index in [0.717, 1.165) is 5.56 Å². The number of nitrogens with two attached hydrogens (primary N) is 1. The SMILES string of the molecule is Cc1cc(F)c(N)c(S)c1. The fraction of sp³-hybridized carbons (Fsp3) is 0.143. The molecule has 0 atom stereocenters. The number of hydrogen-bond donors (Lipinski definition) is 2. The van der Waals surface area contributed by atoms with Gasteiger partial charge >= 0.3 is 0 Å². The summed E-state index contributed by atoms with van der Waals surface area (Å²) in [6.45, 7) is 1.79. The molecule has 3 heteroatoms. The normalized spacial score (nSPS) is 9.90. The van der Waals surface area contributed by atoms with Crippen LogP contribution in [0, 0.1) is 12.7 Å². The van der Waals surface area contributed by atoms with Crippen LogP contribution in [0.2, 0.25) is 0 Å². The van der Waals surface area contributed by atoms with Crippen LogP contribution in [-0.4, -0.2) is 0 Å². The molecule has 0 heterocycles. The summed E-state index contributed by atoms with van der Waals surface area (Å²) in [6, 6.07) is 3.11. The van der Waals surface area contributed by atoms with E-state index in [2.05, 4.69) is 12.6 Å². The molecule has 0 aliphatic heterocycles. The molecule has 1 aromatic carbocycles. The van der Waals surface area contributed by atoms with Crippen LogP contribution in [0.4, 0.5) is 10.1 Å². The summed E-state index contributed by atoms with van der Waals surface area (Å²) in [5, 5.41) is 0. The standard InChI is InChI=1S/C7H8FNS/c1-4-2-5(8)7(9)6(10)3-4/h2-3,10H,9H2,1H3. The average Bonchev–Trinajstić information content (AvgIpc) is 1.82. The molecule has 54 valence electrons. The van der Waals surface area contributed by atoms with E-state index in [0.29, 0.717) is 4.90 Å². The van der Waals surface area contributed by atoms with Gasteiger partial charge in [0.05, 0.1) is 5.69 Å². The van der Waals surface area contributed by atoms with Crippen molar-refractivity contribution in [3.05, 3.63) is 23.5 Å². The number of anilines is 1. The number of aryl methyl sites for hydroxylation is 1. The third-order valence-corrected chi connectivity index (χ3v) is 1.62. The Morgan fingerprint density at radius 2 is 2.10 bits per heavy atom. The molecule has 1 nitrogen and oxygen atoms in total. The van der Waals surface area contributed by atoms with Gasteiger partial charge in [0.1, 0.15) is 5.82 Å². The number of benzene rings is 1. The summed E-state index contributed by atoms with van der Waals surface area (Å²) < 4.78 is 12.7. The number of thiol groups is 1. The Bertz CT molecular complexity index is 237. The van der Waals surface area contributed by atoms with Gasteiger partial charge in [-0.05, 0) is 24.6 Å². The molecule has 0 radical (unpaired) electrons. The number of halogens is 1. The van der Waals surface area contributed by atoms with Gasteiger partial charge < -0.3 is 5.73 Å². The van der Waals surface area contributed by atoms with E-state index in [1.54, 1.807) is 13.0 Å². The molecule has 0 unspecified atom stereocenters. The summed E-state index contributed by atoms with van der Waals surface area (Å²) in [4.78, 5) is 0.498. The lowest BCUT2D eigenvalue weighted by Crippen LogP contribution is -1.92. The van der Waals surface area contributed by atoms with E-state index in [9.17, 15) is 4.39 Å². The van der Waals surface area contributed by atoms with E-state index in [1.807, 2.05) is 0 Å². The molecule has 0 amide bonds. The molecule has 0 spiro atoms. The van der Waals surface area contributed by atoms with Crippen molar-refractivity contribution in [3.8, 4) is 0 Å². The molecular formula is C7H8FNS. The average molecular weight is 157 g/mol. The van der Waals surface area contributed by atoms with Gasteiger partial charge in [0.15, 0.2) is 0 Å². The highest BCUT2D eigenvalue weighted by molar-refractivity contribution is 7.80. The molecule has 1 rings (SSSR count). The van der Waals surface area contributed by atoms with Crippen LogP contribution >= 0.6 is 12.6 Å². The largest absolute Gasteiger partial charge is 0.395 e. The Hall–Kier alpha value is -0.700. The molecule has 0 saturated carbocycles. The third-order valence-electron chi connectivity index (χ3n) is 1.25. The highest BCUT2D eigenvalue weighted by Crippen LogP contribution is 2.21. The van der Waals surface area contributed by atoms with Gasteiger partial charge in [0, 0.05) is 4.90 Å².